The van der Waals surface area contributed by atoms with Crippen LogP contribution in [-0.4, -0.2) is 37.1 Å². The summed E-state index contributed by atoms with van der Waals surface area (Å²) in [5.41, 5.74) is 2.87. The third-order valence-corrected chi connectivity index (χ3v) is 9.08. The van der Waals surface area contributed by atoms with Gasteiger partial charge in [-0.1, -0.05) is 43.9 Å². The maximum atomic E-state index is 12.0. The molecule has 0 spiro atoms. The van der Waals surface area contributed by atoms with Crippen molar-refractivity contribution in [2.45, 2.75) is 55.4 Å². The van der Waals surface area contributed by atoms with Gasteiger partial charge in [-0.25, -0.2) is 0 Å². The Morgan fingerprint density at radius 3 is 2.04 bits per heavy atom. The lowest BCUT2D eigenvalue weighted by Crippen LogP contribution is -2.21. The standard InChI is InChI=1S/C16H29NO7P2S/c17-16(25(18,19)20)26(21,22)24-13-9-4-2-1-3-5-10-14-27(23)15-11-7-6-8-12-15/h6-8,11-12,16H,1-5,9-10,13-14,17H2,(H,21,22)(H2,18,19,20). The van der Waals surface area contributed by atoms with Gasteiger partial charge in [0.1, 0.15) is 5.75 Å². The molecular formula is C16H29NO7P2S. The largest absolute Gasteiger partial charge is 0.611 e. The van der Waals surface area contributed by atoms with Crippen LogP contribution >= 0.6 is 15.2 Å². The quantitative estimate of drug-likeness (QED) is 0.195. The van der Waals surface area contributed by atoms with Gasteiger partial charge in [0.2, 0.25) is 5.52 Å². The Morgan fingerprint density at radius 2 is 1.48 bits per heavy atom. The van der Waals surface area contributed by atoms with Crippen molar-refractivity contribution >= 4 is 26.4 Å². The molecule has 5 N–H and O–H groups in total. The lowest BCUT2D eigenvalue weighted by Gasteiger charge is -2.19. The minimum atomic E-state index is -4.86. The van der Waals surface area contributed by atoms with Crippen LogP contribution in [0.25, 0.3) is 0 Å². The van der Waals surface area contributed by atoms with E-state index in [9.17, 15) is 18.6 Å². The van der Waals surface area contributed by atoms with Crippen LogP contribution in [0.1, 0.15) is 44.9 Å². The minimum Gasteiger partial charge on any atom is -0.611 e. The van der Waals surface area contributed by atoms with Crippen LogP contribution in [0.5, 0.6) is 0 Å². The summed E-state index contributed by atoms with van der Waals surface area (Å²) in [5.74, 6) is 0.656. The van der Waals surface area contributed by atoms with Gasteiger partial charge >= 0.3 is 15.2 Å². The first-order chi connectivity index (χ1) is 12.6. The Kier molecular flexibility index (Phi) is 11.4. The number of hydrogen-bond donors (Lipinski definition) is 4. The minimum absolute atomic E-state index is 0.0719. The van der Waals surface area contributed by atoms with E-state index in [-0.39, 0.29) is 6.61 Å². The molecule has 1 aromatic rings. The maximum absolute atomic E-state index is 12.0. The average molecular weight is 441 g/mol. The third-order valence-electron chi connectivity index (χ3n) is 3.94. The van der Waals surface area contributed by atoms with Gasteiger partial charge in [-0.3, -0.25) is 9.13 Å². The zero-order chi connectivity index (χ0) is 20.3. The summed E-state index contributed by atoms with van der Waals surface area (Å²) in [6.07, 6.45) is 6.13. The van der Waals surface area contributed by atoms with E-state index in [4.69, 9.17) is 20.0 Å². The SMILES string of the molecule is NC(P(=O)(O)O)P(=O)(O)OCCCCCCCCC[S+]([O-])c1ccccc1. The lowest BCUT2D eigenvalue weighted by atomic mass is 10.1. The predicted octanol–water partition coefficient (Wildman–Crippen LogP) is 3.15. The second-order valence-corrected chi connectivity index (χ2v) is 11.9. The number of unbranched alkanes of at least 4 members (excludes halogenated alkanes) is 6. The van der Waals surface area contributed by atoms with E-state index in [2.05, 4.69) is 0 Å². The molecule has 3 atom stereocenters. The molecule has 0 heterocycles. The monoisotopic (exact) mass is 441 g/mol. The van der Waals surface area contributed by atoms with Crippen molar-refractivity contribution in [2.24, 2.45) is 5.73 Å². The summed E-state index contributed by atoms with van der Waals surface area (Å²) >= 11 is -0.946. The van der Waals surface area contributed by atoms with E-state index < -0.39 is 31.9 Å². The van der Waals surface area contributed by atoms with E-state index in [0.29, 0.717) is 12.2 Å². The smallest absolute Gasteiger partial charge is 0.357 e. The molecule has 3 unspecified atom stereocenters. The second kappa shape index (κ2) is 12.4. The molecule has 0 amide bonds. The van der Waals surface area contributed by atoms with Gasteiger partial charge in [0.15, 0.2) is 4.90 Å². The van der Waals surface area contributed by atoms with Crippen LogP contribution in [0.3, 0.4) is 0 Å². The molecule has 27 heavy (non-hydrogen) atoms. The first kappa shape index (κ1) is 24.8. The summed E-state index contributed by atoms with van der Waals surface area (Å²) < 4.78 is 39.2. The second-order valence-electron chi connectivity index (χ2n) is 6.24. The lowest BCUT2D eigenvalue weighted by molar-refractivity contribution is 0.246. The highest BCUT2D eigenvalue weighted by Crippen LogP contribution is 2.60. The molecule has 1 rings (SSSR count). The zero-order valence-electron chi connectivity index (χ0n) is 15.2. The highest BCUT2D eigenvalue weighted by Gasteiger charge is 2.42. The van der Waals surface area contributed by atoms with Crippen molar-refractivity contribution < 1.29 is 32.9 Å². The molecule has 0 aliphatic carbocycles. The fraction of sp³-hybridized carbons (Fsp3) is 0.625. The van der Waals surface area contributed by atoms with Gasteiger partial charge in [0.25, 0.3) is 0 Å². The molecular weight excluding hydrogens is 412 g/mol. The van der Waals surface area contributed by atoms with Crippen LogP contribution in [0.4, 0.5) is 0 Å². The summed E-state index contributed by atoms with van der Waals surface area (Å²) in [6, 6.07) is 9.41. The van der Waals surface area contributed by atoms with Gasteiger partial charge in [-0.2, -0.15) is 0 Å². The first-order valence-electron chi connectivity index (χ1n) is 8.86. The molecule has 1 aromatic carbocycles. The van der Waals surface area contributed by atoms with Crippen molar-refractivity contribution in [3.63, 3.8) is 0 Å². The highest BCUT2D eigenvalue weighted by molar-refractivity contribution is 7.91. The Hall–Kier alpha value is -0.210. The van der Waals surface area contributed by atoms with Gasteiger partial charge in [0, 0.05) is 0 Å². The molecule has 156 valence electrons. The fourth-order valence-corrected chi connectivity index (χ4v) is 5.80. The van der Waals surface area contributed by atoms with Crippen LogP contribution in [0.2, 0.25) is 0 Å². The van der Waals surface area contributed by atoms with Crippen LogP contribution < -0.4 is 5.73 Å². The van der Waals surface area contributed by atoms with Gasteiger partial charge in [-0.05, 0) is 42.6 Å². The van der Waals surface area contributed by atoms with Crippen LogP contribution in [0, 0.1) is 0 Å². The molecule has 11 heteroatoms. The number of hydrogen-bond acceptors (Lipinski definition) is 5. The van der Waals surface area contributed by atoms with Crippen LogP contribution in [0.15, 0.2) is 35.2 Å². The third kappa shape index (κ3) is 10.2. The van der Waals surface area contributed by atoms with Gasteiger partial charge in [-0.15, -0.1) is 0 Å². The van der Waals surface area contributed by atoms with Gasteiger partial charge in [0.05, 0.1) is 6.61 Å². The molecule has 0 bridgehead atoms. The normalized spacial score (nSPS) is 16.6. The first-order valence-corrected chi connectivity index (χ1v) is 13.5. The molecule has 0 aliphatic rings. The molecule has 0 aromatic heterocycles. The topological polar surface area (TPSA) is 153 Å². The van der Waals surface area contributed by atoms with E-state index in [1.54, 1.807) is 0 Å². The molecule has 0 aliphatic heterocycles. The number of rotatable bonds is 14. The summed E-state index contributed by atoms with van der Waals surface area (Å²) in [7, 11) is -9.39. The maximum Gasteiger partial charge on any atom is 0.357 e. The average Bonchev–Trinajstić information content (AvgIpc) is 2.62. The van der Waals surface area contributed by atoms with E-state index in [1.807, 2.05) is 30.3 Å². The van der Waals surface area contributed by atoms with Gasteiger partial charge < -0.3 is 29.5 Å². The van der Waals surface area contributed by atoms with Crippen molar-refractivity contribution in [2.75, 3.05) is 12.4 Å². The summed E-state index contributed by atoms with van der Waals surface area (Å²) in [6.45, 7) is -0.0719. The van der Waals surface area contributed by atoms with Crippen molar-refractivity contribution in [3.8, 4) is 0 Å². The molecule has 0 saturated heterocycles. The Balaban J connectivity index is 2.02. The molecule has 0 fully saturated rings. The number of benzene rings is 1. The molecule has 0 saturated carbocycles. The predicted molar refractivity (Wildman–Crippen MR) is 106 cm³/mol. The fourth-order valence-electron chi connectivity index (χ4n) is 2.37. The summed E-state index contributed by atoms with van der Waals surface area (Å²) in [5, 5.41) is 0. The Morgan fingerprint density at radius 1 is 0.963 bits per heavy atom. The molecule has 8 nitrogen and oxygen atoms in total. The molecule has 0 radical (unpaired) electrons. The van der Waals surface area contributed by atoms with E-state index in [1.165, 1.54) is 0 Å². The van der Waals surface area contributed by atoms with Crippen molar-refractivity contribution in [3.05, 3.63) is 30.3 Å². The van der Waals surface area contributed by atoms with Crippen molar-refractivity contribution in [1.29, 1.82) is 0 Å². The Labute approximate surface area is 163 Å². The van der Waals surface area contributed by atoms with E-state index in [0.717, 1.165) is 43.4 Å². The highest BCUT2D eigenvalue weighted by atomic mass is 32.2. The number of nitrogens with two attached hydrogens (primary N) is 1. The van der Waals surface area contributed by atoms with Crippen LogP contribution in [-0.2, 0) is 24.8 Å². The Bertz CT molecular complexity index is 628. The summed E-state index contributed by atoms with van der Waals surface area (Å²) in [4.78, 5) is 27.9. The van der Waals surface area contributed by atoms with Crippen molar-refractivity contribution in [1.82, 2.24) is 0 Å². The van der Waals surface area contributed by atoms with E-state index >= 15 is 0 Å². The zero-order valence-corrected chi connectivity index (χ0v) is 17.8.